The first-order chi connectivity index (χ1) is 11.6. The summed E-state index contributed by atoms with van der Waals surface area (Å²) in [6.07, 6.45) is 1.89. The van der Waals surface area contributed by atoms with Crippen molar-refractivity contribution in [2.75, 3.05) is 19.6 Å². The molecule has 2 N–H and O–H groups in total. The van der Waals surface area contributed by atoms with E-state index in [0.29, 0.717) is 0 Å². The fourth-order valence-corrected chi connectivity index (χ4v) is 3.24. The number of guanidine groups is 1. The van der Waals surface area contributed by atoms with Gasteiger partial charge in [-0.25, -0.2) is 4.98 Å². The Bertz CT molecular complexity index is 676. The Morgan fingerprint density at radius 3 is 2.67 bits per heavy atom. The van der Waals surface area contributed by atoms with Crippen molar-refractivity contribution in [1.29, 1.82) is 0 Å². The van der Waals surface area contributed by atoms with Crippen molar-refractivity contribution in [3.05, 3.63) is 51.0 Å². The molecular weight excluding hydrogens is 316 g/mol. The highest BCUT2D eigenvalue weighted by atomic mass is 32.1. The van der Waals surface area contributed by atoms with Crippen LogP contribution in [0.25, 0.3) is 0 Å². The Morgan fingerprint density at radius 1 is 1.17 bits per heavy atom. The smallest absolute Gasteiger partial charge is 0.191 e. The highest BCUT2D eigenvalue weighted by molar-refractivity contribution is 7.09. The summed E-state index contributed by atoms with van der Waals surface area (Å²) < 4.78 is 0. The molecule has 0 fully saturated rings. The van der Waals surface area contributed by atoms with Crippen molar-refractivity contribution in [2.24, 2.45) is 4.99 Å². The second kappa shape index (κ2) is 9.42. The first-order valence-electron chi connectivity index (χ1n) is 8.57. The Morgan fingerprint density at radius 2 is 2.00 bits per heavy atom. The zero-order valence-corrected chi connectivity index (χ0v) is 16.0. The monoisotopic (exact) mass is 344 g/mol. The first kappa shape index (κ1) is 18.5. The molecule has 0 saturated heterocycles. The molecule has 0 bridgehead atoms. The van der Waals surface area contributed by atoms with Crippen LogP contribution in [0.3, 0.4) is 0 Å². The summed E-state index contributed by atoms with van der Waals surface area (Å²) >= 11 is 1.70. The normalized spacial score (nSPS) is 11.6. The number of nitrogens with one attached hydrogen (secondary N) is 2. The van der Waals surface area contributed by atoms with Crippen molar-refractivity contribution in [3.63, 3.8) is 0 Å². The molecule has 0 amide bonds. The average Bonchev–Trinajstić information content (AvgIpc) is 2.95. The number of aryl methyl sites for hydroxylation is 3. The van der Waals surface area contributed by atoms with Crippen LogP contribution in [0.2, 0.25) is 0 Å². The molecular formula is C19H28N4S. The molecule has 1 heterocycles. The molecule has 130 valence electrons. The number of benzene rings is 1. The molecule has 0 saturated carbocycles. The minimum Gasteiger partial charge on any atom is -0.357 e. The Labute approximate surface area is 149 Å². The molecule has 0 atom stereocenters. The van der Waals surface area contributed by atoms with Crippen LogP contribution in [0, 0.1) is 20.8 Å². The lowest BCUT2D eigenvalue weighted by Gasteiger charge is -2.12. The molecule has 2 rings (SSSR count). The highest BCUT2D eigenvalue weighted by Gasteiger charge is 2.02. The molecule has 0 aliphatic heterocycles. The lowest BCUT2D eigenvalue weighted by atomic mass is 10.0. The molecule has 5 heteroatoms. The first-order valence-corrected chi connectivity index (χ1v) is 9.45. The maximum Gasteiger partial charge on any atom is 0.191 e. The van der Waals surface area contributed by atoms with Crippen LogP contribution >= 0.6 is 11.3 Å². The summed E-state index contributed by atoms with van der Waals surface area (Å²) in [4.78, 5) is 9.13. The summed E-state index contributed by atoms with van der Waals surface area (Å²) in [5.41, 5.74) is 5.20. The van der Waals surface area contributed by atoms with Gasteiger partial charge in [0.1, 0.15) is 0 Å². The minimum atomic E-state index is 0.752. The van der Waals surface area contributed by atoms with Gasteiger partial charge in [0.2, 0.25) is 0 Å². The van der Waals surface area contributed by atoms with Crippen LogP contribution in [-0.2, 0) is 12.8 Å². The van der Waals surface area contributed by atoms with E-state index in [4.69, 9.17) is 0 Å². The fourth-order valence-electron chi connectivity index (χ4n) is 2.59. The van der Waals surface area contributed by atoms with Crippen molar-refractivity contribution < 1.29 is 0 Å². The lowest BCUT2D eigenvalue weighted by Crippen LogP contribution is -2.38. The number of aliphatic imine (C=N–C) groups is 1. The van der Waals surface area contributed by atoms with Crippen molar-refractivity contribution in [1.82, 2.24) is 15.6 Å². The Kier molecular flexibility index (Phi) is 7.25. The predicted molar refractivity (Wildman–Crippen MR) is 104 cm³/mol. The van der Waals surface area contributed by atoms with Gasteiger partial charge in [0.25, 0.3) is 0 Å². The largest absolute Gasteiger partial charge is 0.357 e. The zero-order valence-electron chi connectivity index (χ0n) is 15.1. The summed E-state index contributed by atoms with van der Waals surface area (Å²) in [5.74, 6) is 0.884. The highest BCUT2D eigenvalue weighted by Crippen LogP contribution is 2.10. The van der Waals surface area contributed by atoms with E-state index in [0.717, 1.165) is 49.1 Å². The maximum atomic E-state index is 4.64. The lowest BCUT2D eigenvalue weighted by molar-refractivity contribution is 0.792. The van der Waals surface area contributed by atoms with Crippen LogP contribution in [0.1, 0.15) is 34.3 Å². The van der Waals surface area contributed by atoms with E-state index in [1.165, 1.54) is 16.7 Å². The maximum absolute atomic E-state index is 4.64. The van der Waals surface area contributed by atoms with Crippen molar-refractivity contribution in [2.45, 2.75) is 40.5 Å². The van der Waals surface area contributed by atoms with Gasteiger partial charge in [0, 0.05) is 31.4 Å². The molecule has 2 aromatic rings. The van der Waals surface area contributed by atoms with Gasteiger partial charge in [-0.1, -0.05) is 23.8 Å². The Balaban J connectivity index is 1.82. The van der Waals surface area contributed by atoms with Crippen molar-refractivity contribution >= 4 is 17.3 Å². The fraction of sp³-hybridized carbons (Fsp3) is 0.474. The van der Waals surface area contributed by atoms with E-state index >= 15 is 0 Å². The van der Waals surface area contributed by atoms with E-state index < -0.39 is 0 Å². The third kappa shape index (κ3) is 5.96. The summed E-state index contributed by atoms with van der Waals surface area (Å²) in [6.45, 7) is 10.9. The summed E-state index contributed by atoms with van der Waals surface area (Å²) in [7, 11) is 0. The molecule has 1 aromatic carbocycles. The Hall–Kier alpha value is -1.88. The van der Waals surface area contributed by atoms with Gasteiger partial charge in [-0.2, -0.15) is 0 Å². The number of rotatable bonds is 7. The third-order valence-electron chi connectivity index (χ3n) is 3.83. The van der Waals surface area contributed by atoms with Crippen molar-refractivity contribution in [3.8, 4) is 0 Å². The average molecular weight is 345 g/mol. The van der Waals surface area contributed by atoms with Crippen LogP contribution in [0.4, 0.5) is 0 Å². The number of thiazole rings is 1. The van der Waals surface area contributed by atoms with Gasteiger partial charge in [-0.05, 0) is 45.2 Å². The van der Waals surface area contributed by atoms with Gasteiger partial charge in [0.05, 0.1) is 10.7 Å². The number of hydrogen-bond acceptors (Lipinski definition) is 3. The van der Waals surface area contributed by atoms with Crippen LogP contribution in [0.15, 0.2) is 28.6 Å². The van der Waals surface area contributed by atoms with Crippen LogP contribution < -0.4 is 10.6 Å². The standard InChI is InChI=1S/C19H28N4S/c1-5-20-19(22-11-9-18-13-24-16(4)23-18)21-10-8-17-7-6-14(2)12-15(17)3/h6-7,12-13H,5,8-11H2,1-4H3,(H2,20,21,22). The molecule has 24 heavy (non-hydrogen) atoms. The van der Waals surface area contributed by atoms with E-state index in [1.54, 1.807) is 11.3 Å². The summed E-state index contributed by atoms with van der Waals surface area (Å²) in [5, 5.41) is 9.96. The van der Waals surface area contributed by atoms with Gasteiger partial charge in [-0.3, -0.25) is 4.99 Å². The molecule has 0 aliphatic carbocycles. The minimum absolute atomic E-state index is 0.752. The molecule has 0 spiro atoms. The molecule has 0 aliphatic rings. The number of aromatic nitrogens is 1. The quantitative estimate of drug-likeness (QED) is 0.598. The van der Waals surface area contributed by atoms with E-state index in [1.807, 2.05) is 6.92 Å². The molecule has 0 radical (unpaired) electrons. The zero-order chi connectivity index (χ0) is 17.4. The molecule has 4 nitrogen and oxygen atoms in total. The second-order valence-electron chi connectivity index (χ2n) is 5.98. The second-order valence-corrected chi connectivity index (χ2v) is 7.04. The topological polar surface area (TPSA) is 49.3 Å². The van der Waals surface area contributed by atoms with Gasteiger partial charge >= 0.3 is 0 Å². The molecule has 0 unspecified atom stereocenters. The van der Waals surface area contributed by atoms with E-state index in [2.05, 4.69) is 65.0 Å². The SMILES string of the molecule is CCNC(=NCCc1csc(C)n1)NCCc1ccc(C)cc1C. The number of nitrogens with zero attached hydrogens (tertiary/aromatic N) is 2. The third-order valence-corrected chi connectivity index (χ3v) is 4.66. The number of hydrogen-bond donors (Lipinski definition) is 2. The van der Waals surface area contributed by atoms with Gasteiger partial charge in [-0.15, -0.1) is 11.3 Å². The molecule has 1 aromatic heterocycles. The van der Waals surface area contributed by atoms with E-state index in [9.17, 15) is 0 Å². The van der Waals surface area contributed by atoms with Gasteiger partial charge < -0.3 is 10.6 Å². The summed E-state index contributed by atoms with van der Waals surface area (Å²) in [6, 6.07) is 6.64. The van der Waals surface area contributed by atoms with Crippen LogP contribution in [0.5, 0.6) is 0 Å². The van der Waals surface area contributed by atoms with Gasteiger partial charge in [0.15, 0.2) is 5.96 Å². The predicted octanol–water partition coefficient (Wildman–Crippen LogP) is 3.41. The van der Waals surface area contributed by atoms with E-state index in [-0.39, 0.29) is 0 Å². The van der Waals surface area contributed by atoms with Crippen LogP contribution in [-0.4, -0.2) is 30.6 Å².